The normalized spacial score (nSPS) is 21.6. The van der Waals surface area contributed by atoms with Gasteiger partial charge in [-0.2, -0.15) is 0 Å². The van der Waals surface area contributed by atoms with Gasteiger partial charge >= 0.3 is 0 Å². The highest BCUT2D eigenvalue weighted by atomic mass is 16.5. The highest BCUT2D eigenvalue weighted by molar-refractivity contribution is 5.53. The van der Waals surface area contributed by atoms with Gasteiger partial charge in [0.05, 0.1) is 13.2 Å². The molecule has 1 aromatic rings. The fraction of sp³-hybridized carbons (Fsp3) is 0.700. The van der Waals surface area contributed by atoms with Gasteiger partial charge in [0.1, 0.15) is 0 Å². The van der Waals surface area contributed by atoms with Crippen LogP contribution in [0.2, 0.25) is 0 Å². The molecule has 2 heterocycles. The van der Waals surface area contributed by atoms with Crippen molar-refractivity contribution in [3.8, 4) is 0 Å². The molecular formula is C20H32N2O. The minimum Gasteiger partial charge on any atom is -0.378 e. The number of ether oxygens (including phenoxy) is 1. The molecular weight excluding hydrogens is 284 g/mol. The van der Waals surface area contributed by atoms with Crippen LogP contribution < -0.4 is 4.90 Å². The lowest BCUT2D eigenvalue weighted by Gasteiger charge is -2.39. The molecule has 1 aromatic carbocycles. The second-order valence-electron chi connectivity index (χ2n) is 8.14. The number of nitrogens with zero attached hydrogens (tertiary/aromatic N) is 2. The summed E-state index contributed by atoms with van der Waals surface area (Å²) in [4.78, 5) is 5.13. The molecule has 0 N–H and O–H groups in total. The summed E-state index contributed by atoms with van der Waals surface area (Å²) in [6.45, 7) is 14.5. The average molecular weight is 316 g/mol. The number of hydrogen-bond donors (Lipinski definition) is 0. The van der Waals surface area contributed by atoms with E-state index in [4.69, 9.17) is 4.74 Å². The first-order valence-corrected chi connectivity index (χ1v) is 9.17. The predicted octanol–water partition coefficient (Wildman–Crippen LogP) is 3.78. The standard InChI is InChI=1S/C20H32N2O/c1-20(2,3)18-8-10-21(11-9-18)16-17-6-4-5-7-19(17)22-12-14-23-15-13-22/h4-7,18H,8-16H2,1-3H3. The molecule has 3 rings (SSSR count). The van der Waals surface area contributed by atoms with E-state index >= 15 is 0 Å². The Labute approximate surface area is 141 Å². The number of likely N-dealkylation sites (tertiary alicyclic amines) is 1. The van der Waals surface area contributed by atoms with E-state index in [-0.39, 0.29) is 0 Å². The van der Waals surface area contributed by atoms with Gasteiger partial charge in [-0.3, -0.25) is 4.90 Å². The topological polar surface area (TPSA) is 15.7 Å². The first-order chi connectivity index (χ1) is 11.0. The molecule has 0 saturated carbocycles. The molecule has 3 heteroatoms. The van der Waals surface area contributed by atoms with Crippen LogP contribution in [0.5, 0.6) is 0 Å². The summed E-state index contributed by atoms with van der Waals surface area (Å²) in [7, 11) is 0. The van der Waals surface area contributed by atoms with Gasteiger partial charge in [0.2, 0.25) is 0 Å². The summed E-state index contributed by atoms with van der Waals surface area (Å²) in [5.41, 5.74) is 3.34. The van der Waals surface area contributed by atoms with Crippen molar-refractivity contribution < 1.29 is 4.74 Å². The number of piperidine rings is 1. The second kappa shape index (κ2) is 7.23. The van der Waals surface area contributed by atoms with Crippen molar-refractivity contribution in [2.24, 2.45) is 11.3 Å². The van der Waals surface area contributed by atoms with Crippen molar-refractivity contribution in [3.05, 3.63) is 29.8 Å². The Morgan fingerprint density at radius 2 is 1.65 bits per heavy atom. The van der Waals surface area contributed by atoms with Gasteiger partial charge in [-0.1, -0.05) is 39.0 Å². The molecule has 2 aliphatic rings. The molecule has 2 saturated heterocycles. The first kappa shape index (κ1) is 16.8. The highest BCUT2D eigenvalue weighted by Gasteiger charge is 2.29. The van der Waals surface area contributed by atoms with Crippen LogP contribution in [0, 0.1) is 11.3 Å². The van der Waals surface area contributed by atoms with Gasteiger partial charge in [-0.15, -0.1) is 0 Å². The molecule has 0 aliphatic carbocycles. The number of anilines is 1. The van der Waals surface area contributed by atoms with E-state index in [0.717, 1.165) is 38.8 Å². The summed E-state index contributed by atoms with van der Waals surface area (Å²) in [6.07, 6.45) is 2.67. The van der Waals surface area contributed by atoms with Crippen molar-refractivity contribution >= 4 is 5.69 Å². The van der Waals surface area contributed by atoms with Crippen LogP contribution in [-0.2, 0) is 11.3 Å². The van der Waals surface area contributed by atoms with Gasteiger partial charge in [0, 0.05) is 25.3 Å². The summed E-state index contributed by atoms with van der Waals surface area (Å²) in [5.74, 6) is 0.869. The van der Waals surface area contributed by atoms with Crippen molar-refractivity contribution in [2.45, 2.75) is 40.2 Å². The highest BCUT2D eigenvalue weighted by Crippen LogP contribution is 2.35. The quantitative estimate of drug-likeness (QED) is 0.844. The largest absolute Gasteiger partial charge is 0.378 e. The molecule has 128 valence electrons. The minimum absolute atomic E-state index is 0.456. The number of hydrogen-bond acceptors (Lipinski definition) is 3. The van der Waals surface area contributed by atoms with E-state index < -0.39 is 0 Å². The van der Waals surface area contributed by atoms with Crippen LogP contribution in [0.15, 0.2) is 24.3 Å². The van der Waals surface area contributed by atoms with Crippen molar-refractivity contribution in [1.82, 2.24) is 4.90 Å². The number of para-hydroxylation sites is 1. The lowest BCUT2D eigenvalue weighted by molar-refractivity contribution is 0.107. The van der Waals surface area contributed by atoms with Crippen molar-refractivity contribution in [3.63, 3.8) is 0 Å². The Morgan fingerprint density at radius 3 is 2.30 bits per heavy atom. The smallest absolute Gasteiger partial charge is 0.0642 e. The van der Waals surface area contributed by atoms with Gasteiger partial charge in [-0.25, -0.2) is 0 Å². The maximum Gasteiger partial charge on any atom is 0.0642 e. The minimum atomic E-state index is 0.456. The van der Waals surface area contributed by atoms with Crippen LogP contribution >= 0.6 is 0 Å². The lowest BCUT2D eigenvalue weighted by Crippen LogP contribution is -2.39. The SMILES string of the molecule is CC(C)(C)C1CCN(Cc2ccccc2N2CCOCC2)CC1. The van der Waals surface area contributed by atoms with Gasteiger partial charge < -0.3 is 9.64 Å². The number of benzene rings is 1. The van der Waals surface area contributed by atoms with Crippen LogP contribution in [0.4, 0.5) is 5.69 Å². The fourth-order valence-corrected chi connectivity index (χ4v) is 3.96. The molecule has 0 unspecified atom stereocenters. The third kappa shape index (κ3) is 4.27. The van der Waals surface area contributed by atoms with Crippen molar-refractivity contribution in [2.75, 3.05) is 44.3 Å². The maximum absolute atomic E-state index is 5.50. The molecule has 0 spiro atoms. The number of rotatable bonds is 3. The summed E-state index contributed by atoms with van der Waals surface area (Å²) in [5, 5.41) is 0. The Balaban J connectivity index is 1.63. The van der Waals surface area contributed by atoms with Crippen LogP contribution in [0.1, 0.15) is 39.2 Å². The fourth-order valence-electron chi connectivity index (χ4n) is 3.96. The van der Waals surface area contributed by atoms with E-state index in [0.29, 0.717) is 5.41 Å². The first-order valence-electron chi connectivity index (χ1n) is 9.17. The number of morpholine rings is 1. The molecule has 0 atom stereocenters. The molecule has 0 bridgehead atoms. The molecule has 3 nitrogen and oxygen atoms in total. The Bertz CT molecular complexity index is 495. The summed E-state index contributed by atoms with van der Waals surface area (Å²) in [6, 6.07) is 8.94. The molecule has 0 radical (unpaired) electrons. The van der Waals surface area contributed by atoms with Gasteiger partial charge in [-0.05, 0) is 48.9 Å². The van der Waals surface area contributed by atoms with E-state index in [2.05, 4.69) is 54.8 Å². The lowest BCUT2D eigenvalue weighted by atomic mass is 9.75. The summed E-state index contributed by atoms with van der Waals surface area (Å²) >= 11 is 0. The van der Waals surface area contributed by atoms with Crippen LogP contribution in [0.25, 0.3) is 0 Å². The zero-order valence-corrected chi connectivity index (χ0v) is 15.1. The third-order valence-corrected chi connectivity index (χ3v) is 5.55. The molecule has 2 aliphatic heterocycles. The average Bonchev–Trinajstić information content (AvgIpc) is 2.56. The summed E-state index contributed by atoms with van der Waals surface area (Å²) < 4.78 is 5.50. The molecule has 0 aromatic heterocycles. The molecule has 0 amide bonds. The Morgan fingerprint density at radius 1 is 1.00 bits per heavy atom. The monoisotopic (exact) mass is 316 g/mol. The van der Waals surface area contributed by atoms with Crippen molar-refractivity contribution in [1.29, 1.82) is 0 Å². The Hall–Kier alpha value is -1.06. The Kier molecular flexibility index (Phi) is 5.27. The maximum atomic E-state index is 5.50. The van der Waals surface area contributed by atoms with E-state index in [9.17, 15) is 0 Å². The van der Waals surface area contributed by atoms with Crippen LogP contribution in [-0.4, -0.2) is 44.3 Å². The zero-order valence-electron chi connectivity index (χ0n) is 15.1. The molecule has 2 fully saturated rings. The second-order valence-corrected chi connectivity index (χ2v) is 8.14. The zero-order chi connectivity index (χ0) is 16.3. The van der Waals surface area contributed by atoms with Gasteiger partial charge in [0.25, 0.3) is 0 Å². The van der Waals surface area contributed by atoms with E-state index in [1.54, 1.807) is 0 Å². The third-order valence-electron chi connectivity index (χ3n) is 5.55. The predicted molar refractivity (Wildman–Crippen MR) is 96.9 cm³/mol. The van der Waals surface area contributed by atoms with E-state index in [1.165, 1.54) is 37.2 Å². The van der Waals surface area contributed by atoms with Crippen LogP contribution in [0.3, 0.4) is 0 Å². The van der Waals surface area contributed by atoms with Gasteiger partial charge in [0.15, 0.2) is 0 Å². The van der Waals surface area contributed by atoms with E-state index in [1.807, 2.05) is 0 Å². The molecule has 23 heavy (non-hydrogen) atoms.